The number of rotatable bonds is 9. The van der Waals surface area contributed by atoms with Crippen molar-refractivity contribution in [2.75, 3.05) is 18.4 Å². The highest BCUT2D eigenvalue weighted by Gasteiger charge is 2.05. The van der Waals surface area contributed by atoms with Crippen LogP contribution in [0.1, 0.15) is 18.4 Å². The summed E-state index contributed by atoms with van der Waals surface area (Å²) in [6.45, 7) is 0.845. The second kappa shape index (κ2) is 9.45. The van der Waals surface area contributed by atoms with Crippen LogP contribution in [0.3, 0.4) is 0 Å². The minimum absolute atomic E-state index is 0.0214. The lowest BCUT2D eigenvalue weighted by Crippen LogP contribution is -2.26. The summed E-state index contributed by atoms with van der Waals surface area (Å²) < 4.78 is 26.1. The minimum atomic E-state index is -0.636. The molecule has 0 aliphatic carbocycles. The Hall–Kier alpha value is -3.03. The number of nitrogens with zero attached hydrogens (tertiary/aromatic N) is 1. The first-order chi connectivity index (χ1) is 12.4. The number of benzene rings is 2. The topological polar surface area (TPSA) is 84.3 Å². The van der Waals surface area contributed by atoms with Gasteiger partial charge in [0.2, 0.25) is 5.91 Å². The molecule has 6 nitrogen and oxygen atoms in total. The van der Waals surface area contributed by atoms with Gasteiger partial charge in [0.1, 0.15) is 11.6 Å². The van der Waals surface area contributed by atoms with Gasteiger partial charge in [0.15, 0.2) is 0 Å². The quantitative estimate of drug-likeness (QED) is 0.406. The molecule has 0 unspecified atom stereocenters. The number of hydrogen-bond donors (Lipinski definition) is 2. The average Bonchev–Trinajstić information content (AvgIpc) is 2.58. The molecule has 0 heterocycles. The van der Waals surface area contributed by atoms with Crippen molar-refractivity contribution in [2.45, 2.75) is 19.3 Å². The number of nitrogens with one attached hydrogen (secondary N) is 2. The molecule has 1 amide bonds. The number of carbonyl (C=O) groups excluding carboxylic acids is 1. The van der Waals surface area contributed by atoms with E-state index in [-0.39, 0.29) is 11.6 Å². The van der Waals surface area contributed by atoms with E-state index in [0.717, 1.165) is 11.8 Å². The zero-order chi connectivity index (χ0) is 18.9. The van der Waals surface area contributed by atoms with Gasteiger partial charge in [-0.2, -0.15) is 0 Å². The molecule has 0 radical (unpaired) electrons. The molecule has 0 saturated heterocycles. The van der Waals surface area contributed by atoms with E-state index in [1.807, 2.05) is 0 Å². The van der Waals surface area contributed by atoms with Crippen LogP contribution in [0.4, 0.5) is 20.2 Å². The van der Waals surface area contributed by atoms with Crippen LogP contribution in [0.2, 0.25) is 0 Å². The van der Waals surface area contributed by atoms with Gasteiger partial charge >= 0.3 is 0 Å². The normalized spacial score (nSPS) is 10.4. The average molecular weight is 363 g/mol. The van der Waals surface area contributed by atoms with Gasteiger partial charge in [-0.3, -0.25) is 14.9 Å². The maximum absolute atomic E-state index is 13.1. The number of amides is 1. The summed E-state index contributed by atoms with van der Waals surface area (Å²) in [5, 5.41) is 16.3. The van der Waals surface area contributed by atoms with Crippen molar-refractivity contribution in [3.63, 3.8) is 0 Å². The number of non-ortho nitro benzene ring substituents is 1. The third-order valence-corrected chi connectivity index (χ3v) is 3.65. The third-order valence-electron chi connectivity index (χ3n) is 3.65. The Bertz CT molecular complexity index is 747. The van der Waals surface area contributed by atoms with Gasteiger partial charge in [-0.1, -0.05) is 0 Å². The van der Waals surface area contributed by atoms with Crippen molar-refractivity contribution >= 4 is 17.3 Å². The molecule has 26 heavy (non-hydrogen) atoms. The standard InChI is InChI=1S/C18H19F2N3O3/c19-14-10-13(11-15(20)12-14)7-9-22-18(24)2-1-8-21-16-3-5-17(6-4-16)23(25)26/h3-6,10-12,21H,1-2,7-9H2,(H,22,24). The molecule has 2 rings (SSSR count). The molecule has 2 aromatic carbocycles. The monoisotopic (exact) mass is 363 g/mol. The second-order valence-electron chi connectivity index (χ2n) is 5.71. The molecule has 0 bridgehead atoms. The molecular weight excluding hydrogens is 344 g/mol. The van der Waals surface area contributed by atoms with Crippen molar-refractivity contribution < 1.29 is 18.5 Å². The molecule has 2 aromatic rings. The van der Waals surface area contributed by atoms with Crippen molar-refractivity contribution in [2.24, 2.45) is 0 Å². The summed E-state index contributed by atoms with van der Waals surface area (Å²) in [6, 6.07) is 9.31. The Morgan fingerprint density at radius 2 is 1.69 bits per heavy atom. The maximum Gasteiger partial charge on any atom is 0.269 e. The van der Waals surface area contributed by atoms with E-state index in [9.17, 15) is 23.7 Å². The van der Waals surface area contributed by atoms with Gasteiger partial charge in [-0.05, 0) is 42.7 Å². The van der Waals surface area contributed by atoms with E-state index in [1.54, 1.807) is 12.1 Å². The highest BCUT2D eigenvalue weighted by Crippen LogP contribution is 2.15. The molecule has 8 heteroatoms. The smallest absolute Gasteiger partial charge is 0.269 e. The van der Waals surface area contributed by atoms with E-state index in [0.29, 0.717) is 37.9 Å². The lowest BCUT2D eigenvalue weighted by molar-refractivity contribution is -0.384. The van der Waals surface area contributed by atoms with Crippen LogP contribution < -0.4 is 10.6 Å². The van der Waals surface area contributed by atoms with Gasteiger partial charge < -0.3 is 10.6 Å². The fourth-order valence-electron chi connectivity index (χ4n) is 2.37. The molecule has 138 valence electrons. The van der Waals surface area contributed by atoms with Crippen LogP contribution in [0.25, 0.3) is 0 Å². The van der Waals surface area contributed by atoms with Gasteiger partial charge in [-0.15, -0.1) is 0 Å². The predicted octanol–water partition coefficient (Wildman–Crippen LogP) is 3.42. The largest absolute Gasteiger partial charge is 0.385 e. The molecule has 0 fully saturated rings. The van der Waals surface area contributed by atoms with E-state index in [4.69, 9.17) is 0 Å². The van der Waals surface area contributed by atoms with Gasteiger partial charge in [0.25, 0.3) is 5.69 Å². The lowest BCUT2D eigenvalue weighted by Gasteiger charge is -2.07. The van der Waals surface area contributed by atoms with E-state index < -0.39 is 16.6 Å². The number of anilines is 1. The fourth-order valence-corrected chi connectivity index (χ4v) is 2.37. The molecule has 0 atom stereocenters. The first kappa shape index (κ1) is 19.3. The van der Waals surface area contributed by atoms with E-state index in [1.165, 1.54) is 24.3 Å². The van der Waals surface area contributed by atoms with Crippen molar-refractivity contribution in [3.05, 3.63) is 69.8 Å². The van der Waals surface area contributed by atoms with Crippen LogP contribution in [-0.4, -0.2) is 23.9 Å². The first-order valence-electron chi connectivity index (χ1n) is 8.14. The van der Waals surface area contributed by atoms with Gasteiger partial charge in [0, 0.05) is 43.4 Å². The van der Waals surface area contributed by atoms with E-state index in [2.05, 4.69) is 10.6 Å². The lowest BCUT2D eigenvalue weighted by atomic mass is 10.1. The van der Waals surface area contributed by atoms with Gasteiger partial charge in [0.05, 0.1) is 4.92 Å². The summed E-state index contributed by atoms with van der Waals surface area (Å²) in [4.78, 5) is 21.8. The molecule has 0 saturated carbocycles. The number of nitro groups is 1. The third kappa shape index (κ3) is 6.46. The molecule has 0 aromatic heterocycles. The number of halogens is 2. The molecule has 0 aliphatic rings. The minimum Gasteiger partial charge on any atom is -0.385 e. The number of carbonyl (C=O) groups is 1. The van der Waals surface area contributed by atoms with Crippen molar-refractivity contribution in [3.8, 4) is 0 Å². The highest BCUT2D eigenvalue weighted by atomic mass is 19.1. The Morgan fingerprint density at radius 3 is 2.31 bits per heavy atom. The molecule has 2 N–H and O–H groups in total. The zero-order valence-electron chi connectivity index (χ0n) is 14.0. The Kier molecular flexibility index (Phi) is 7.02. The van der Waals surface area contributed by atoms with Crippen LogP contribution in [0.5, 0.6) is 0 Å². The summed E-state index contributed by atoms with van der Waals surface area (Å²) in [5.41, 5.74) is 1.25. The Morgan fingerprint density at radius 1 is 1.04 bits per heavy atom. The maximum atomic E-state index is 13.1. The molecule has 0 aliphatic heterocycles. The first-order valence-corrected chi connectivity index (χ1v) is 8.14. The predicted molar refractivity (Wildman–Crippen MR) is 93.9 cm³/mol. The fraction of sp³-hybridized carbons (Fsp3) is 0.278. The SMILES string of the molecule is O=C(CCCNc1ccc([N+](=O)[O-])cc1)NCCc1cc(F)cc(F)c1. The summed E-state index contributed by atoms with van der Waals surface area (Å²) >= 11 is 0. The van der Waals surface area contributed by atoms with Crippen LogP contribution in [0, 0.1) is 21.7 Å². The number of hydrogen-bond acceptors (Lipinski definition) is 4. The van der Waals surface area contributed by atoms with Crippen LogP contribution in [0.15, 0.2) is 42.5 Å². The highest BCUT2D eigenvalue weighted by molar-refractivity contribution is 5.75. The Labute approximate surface area is 149 Å². The molecule has 0 spiro atoms. The molecular formula is C18H19F2N3O3. The van der Waals surface area contributed by atoms with Crippen molar-refractivity contribution in [1.82, 2.24) is 5.32 Å². The Balaban J connectivity index is 1.62. The summed E-state index contributed by atoms with van der Waals surface area (Å²) in [6.07, 6.45) is 1.23. The van der Waals surface area contributed by atoms with E-state index >= 15 is 0 Å². The second-order valence-corrected chi connectivity index (χ2v) is 5.71. The number of nitro benzene ring substituents is 1. The summed E-state index contributed by atoms with van der Waals surface area (Å²) in [5.74, 6) is -1.42. The van der Waals surface area contributed by atoms with Crippen LogP contribution in [-0.2, 0) is 11.2 Å². The zero-order valence-corrected chi connectivity index (χ0v) is 14.0. The van der Waals surface area contributed by atoms with Crippen molar-refractivity contribution in [1.29, 1.82) is 0 Å². The van der Waals surface area contributed by atoms with Gasteiger partial charge in [-0.25, -0.2) is 8.78 Å². The van der Waals surface area contributed by atoms with Crippen LogP contribution >= 0.6 is 0 Å². The summed E-state index contributed by atoms with van der Waals surface area (Å²) in [7, 11) is 0.